The number of methoxy groups -OCH3 is 2. The average Bonchev–Trinajstić information content (AvgIpc) is 3.32. The quantitative estimate of drug-likeness (QED) is 0.224. The standard InChI is InChI=1S/C27H30N4O6/c1-5-37-25(34)17-21(33)16-20(32)10-15-24(27-28-29-30-31(27)2)26(18-6-11-22(35-3)12-7-18)19-8-13-23(36-4)14-9-19/h6-15,20,32H,5,16-17H2,1-4H3/b15-10+. The summed E-state index contributed by atoms with van der Waals surface area (Å²) in [6.07, 6.45) is 1.40. The van der Waals surface area contributed by atoms with E-state index in [9.17, 15) is 14.7 Å². The number of rotatable bonds is 12. The summed E-state index contributed by atoms with van der Waals surface area (Å²) in [4.78, 5) is 23.8. The first-order valence-corrected chi connectivity index (χ1v) is 11.7. The van der Waals surface area contributed by atoms with E-state index in [1.807, 2.05) is 48.5 Å². The highest BCUT2D eigenvalue weighted by molar-refractivity contribution is 6.01. The summed E-state index contributed by atoms with van der Waals surface area (Å²) in [5.41, 5.74) is 3.09. The number of allylic oxidation sites excluding steroid dienone is 2. The summed E-state index contributed by atoms with van der Waals surface area (Å²) in [6, 6.07) is 15.0. The maximum Gasteiger partial charge on any atom is 0.313 e. The molecule has 10 heteroatoms. The maximum atomic E-state index is 12.2. The highest BCUT2D eigenvalue weighted by Gasteiger charge is 2.19. The Labute approximate surface area is 215 Å². The first kappa shape index (κ1) is 27.3. The lowest BCUT2D eigenvalue weighted by atomic mass is 9.91. The molecule has 0 bridgehead atoms. The molecule has 3 aromatic rings. The number of carbonyl (C=O) groups excluding carboxylic acids is 2. The molecule has 0 aliphatic heterocycles. The molecule has 0 saturated carbocycles. The van der Waals surface area contributed by atoms with Crippen molar-refractivity contribution >= 4 is 22.9 Å². The van der Waals surface area contributed by atoms with E-state index in [0.29, 0.717) is 22.9 Å². The molecule has 1 heterocycles. The molecule has 3 rings (SSSR count). The van der Waals surface area contributed by atoms with Crippen molar-refractivity contribution in [1.29, 1.82) is 0 Å². The van der Waals surface area contributed by atoms with Gasteiger partial charge in [-0.05, 0) is 58.3 Å². The van der Waals surface area contributed by atoms with Crippen molar-refractivity contribution < 1.29 is 28.9 Å². The molecule has 0 saturated heterocycles. The highest BCUT2D eigenvalue weighted by Crippen LogP contribution is 2.34. The van der Waals surface area contributed by atoms with Crippen LogP contribution in [0, 0.1) is 0 Å². The number of esters is 1. The molecular weight excluding hydrogens is 476 g/mol. The number of Topliss-reactive ketones (excluding diaryl/α,β-unsaturated/α-hetero) is 1. The molecule has 0 radical (unpaired) electrons. The number of nitrogens with zero attached hydrogens (tertiary/aromatic N) is 4. The van der Waals surface area contributed by atoms with Gasteiger partial charge in [-0.25, -0.2) is 4.68 Å². The fourth-order valence-corrected chi connectivity index (χ4v) is 3.67. The zero-order valence-electron chi connectivity index (χ0n) is 21.2. The van der Waals surface area contributed by atoms with Crippen LogP contribution >= 0.6 is 0 Å². The molecule has 37 heavy (non-hydrogen) atoms. The molecule has 10 nitrogen and oxygen atoms in total. The Kier molecular flexibility index (Phi) is 9.68. The number of carbonyl (C=O) groups is 2. The number of ketones is 1. The number of aromatic nitrogens is 4. The van der Waals surface area contributed by atoms with Gasteiger partial charge in [-0.2, -0.15) is 0 Å². The van der Waals surface area contributed by atoms with Crippen LogP contribution in [0.4, 0.5) is 0 Å². The van der Waals surface area contributed by atoms with E-state index in [-0.39, 0.29) is 13.0 Å². The van der Waals surface area contributed by atoms with Crippen molar-refractivity contribution in [1.82, 2.24) is 20.2 Å². The molecule has 194 valence electrons. The third-order valence-corrected chi connectivity index (χ3v) is 5.46. The maximum absolute atomic E-state index is 12.2. The predicted octanol–water partition coefficient (Wildman–Crippen LogP) is 3.02. The lowest BCUT2D eigenvalue weighted by Gasteiger charge is -2.15. The second-order valence-corrected chi connectivity index (χ2v) is 8.02. The number of tetrazole rings is 1. The summed E-state index contributed by atoms with van der Waals surface area (Å²) >= 11 is 0. The molecule has 1 unspecified atom stereocenters. The van der Waals surface area contributed by atoms with E-state index in [1.165, 1.54) is 10.8 Å². The van der Waals surface area contributed by atoms with Gasteiger partial charge in [0.15, 0.2) is 5.82 Å². The Morgan fingerprint density at radius 2 is 1.57 bits per heavy atom. The molecule has 1 atom stereocenters. The fraction of sp³-hybridized carbons (Fsp3) is 0.296. The van der Waals surface area contributed by atoms with Gasteiger partial charge in [-0.15, -0.1) is 5.10 Å². The zero-order valence-corrected chi connectivity index (χ0v) is 21.2. The second kappa shape index (κ2) is 13.1. The smallest absolute Gasteiger partial charge is 0.313 e. The van der Waals surface area contributed by atoms with Crippen LogP contribution in [0.15, 0.2) is 60.7 Å². The van der Waals surface area contributed by atoms with Crippen LogP contribution in [-0.2, 0) is 21.4 Å². The third-order valence-electron chi connectivity index (χ3n) is 5.46. The van der Waals surface area contributed by atoms with E-state index < -0.39 is 24.3 Å². The summed E-state index contributed by atoms with van der Waals surface area (Å²) in [5.74, 6) is 0.808. The summed E-state index contributed by atoms with van der Waals surface area (Å²) in [5, 5.41) is 22.5. The van der Waals surface area contributed by atoms with Gasteiger partial charge in [0.1, 0.15) is 23.7 Å². The molecule has 1 N–H and O–H groups in total. The zero-order chi connectivity index (χ0) is 26.8. The van der Waals surface area contributed by atoms with Crippen LogP contribution in [-0.4, -0.2) is 64.0 Å². The molecule has 0 aliphatic carbocycles. The predicted molar refractivity (Wildman–Crippen MR) is 137 cm³/mol. The lowest BCUT2D eigenvalue weighted by Crippen LogP contribution is -2.16. The fourth-order valence-electron chi connectivity index (χ4n) is 3.67. The van der Waals surface area contributed by atoms with E-state index >= 15 is 0 Å². The Morgan fingerprint density at radius 1 is 1.00 bits per heavy atom. The van der Waals surface area contributed by atoms with Crippen molar-refractivity contribution in [2.75, 3.05) is 20.8 Å². The number of aliphatic hydroxyl groups is 1. The number of ether oxygens (including phenoxy) is 3. The van der Waals surface area contributed by atoms with Crippen LogP contribution in [0.5, 0.6) is 11.5 Å². The highest BCUT2D eigenvalue weighted by atomic mass is 16.5. The topological polar surface area (TPSA) is 126 Å². The summed E-state index contributed by atoms with van der Waals surface area (Å²) in [6.45, 7) is 1.85. The normalized spacial score (nSPS) is 11.7. The first-order valence-electron chi connectivity index (χ1n) is 11.7. The van der Waals surface area contributed by atoms with Gasteiger partial charge >= 0.3 is 5.97 Å². The van der Waals surface area contributed by atoms with Crippen molar-refractivity contribution in [3.8, 4) is 11.5 Å². The third kappa shape index (κ3) is 7.34. The Hall–Kier alpha value is -4.31. The van der Waals surface area contributed by atoms with E-state index in [1.54, 1.807) is 34.3 Å². The second-order valence-electron chi connectivity index (χ2n) is 8.02. The van der Waals surface area contributed by atoms with Crippen LogP contribution < -0.4 is 9.47 Å². The summed E-state index contributed by atoms with van der Waals surface area (Å²) < 4.78 is 17.0. The molecule has 0 spiro atoms. The van der Waals surface area contributed by atoms with Gasteiger partial charge < -0.3 is 19.3 Å². The van der Waals surface area contributed by atoms with Crippen LogP contribution in [0.25, 0.3) is 11.1 Å². The van der Waals surface area contributed by atoms with Crippen LogP contribution in [0.3, 0.4) is 0 Å². The molecule has 0 fully saturated rings. The largest absolute Gasteiger partial charge is 0.497 e. The van der Waals surface area contributed by atoms with Gasteiger partial charge in [0, 0.05) is 19.0 Å². The molecule has 2 aromatic carbocycles. The SMILES string of the molecule is CCOC(=O)CC(=O)CC(O)/C=C/C(=C(c1ccc(OC)cc1)c1ccc(OC)cc1)c1nnnn1C. The van der Waals surface area contributed by atoms with E-state index in [2.05, 4.69) is 15.5 Å². The minimum absolute atomic E-state index is 0.188. The minimum atomic E-state index is -1.13. The van der Waals surface area contributed by atoms with E-state index in [0.717, 1.165) is 16.7 Å². The molecule has 1 aromatic heterocycles. The molecular formula is C27H30N4O6. The molecule has 0 amide bonds. The average molecular weight is 507 g/mol. The van der Waals surface area contributed by atoms with Crippen LogP contribution in [0.1, 0.15) is 36.7 Å². The van der Waals surface area contributed by atoms with Gasteiger partial charge in [0.2, 0.25) is 0 Å². The van der Waals surface area contributed by atoms with Gasteiger partial charge in [-0.3, -0.25) is 9.59 Å². The number of aliphatic hydroxyl groups excluding tert-OH is 1. The molecule has 0 aliphatic rings. The Balaban J connectivity index is 2.08. The Bertz CT molecular complexity index is 1210. The van der Waals surface area contributed by atoms with Crippen molar-refractivity contribution in [3.63, 3.8) is 0 Å². The lowest BCUT2D eigenvalue weighted by molar-refractivity contribution is -0.145. The van der Waals surface area contributed by atoms with Crippen molar-refractivity contribution in [2.24, 2.45) is 7.05 Å². The Morgan fingerprint density at radius 3 is 2.03 bits per heavy atom. The first-order chi connectivity index (χ1) is 17.9. The number of benzene rings is 2. The van der Waals surface area contributed by atoms with E-state index in [4.69, 9.17) is 14.2 Å². The minimum Gasteiger partial charge on any atom is -0.497 e. The van der Waals surface area contributed by atoms with Gasteiger partial charge in [0.05, 0.1) is 26.9 Å². The van der Waals surface area contributed by atoms with Crippen molar-refractivity contribution in [3.05, 3.63) is 77.6 Å². The van der Waals surface area contributed by atoms with Crippen LogP contribution in [0.2, 0.25) is 0 Å². The van der Waals surface area contributed by atoms with Gasteiger partial charge in [-0.1, -0.05) is 36.4 Å². The van der Waals surface area contributed by atoms with Crippen molar-refractivity contribution in [2.45, 2.75) is 25.9 Å². The van der Waals surface area contributed by atoms with Gasteiger partial charge in [0.25, 0.3) is 0 Å². The number of hydrogen-bond acceptors (Lipinski definition) is 9. The number of hydrogen-bond donors (Lipinski definition) is 1. The monoisotopic (exact) mass is 506 g/mol. The number of aryl methyl sites for hydroxylation is 1. The summed E-state index contributed by atoms with van der Waals surface area (Å²) in [7, 11) is 4.90.